The van der Waals surface area contributed by atoms with Crippen molar-refractivity contribution in [2.45, 2.75) is 23.5 Å². The van der Waals surface area contributed by atoms with E-state index in [-0.39, 0.29) is 17.2 Å². The first-order valence-electron chi connectivity index (χ1n) is 6.74. The van der Waals surface area contributed by atoms with E-state index in [1.54, 1.807) is 24.3 Å². The molecule has 6 heteroatoms. The Morgan fingerprint density at radius 2 is 1.68 bits per heavy atom. The molecule has 1 unspecified atom stereocenters. The first kappa shape index (κ1) is 16.5. The number of carbonyl (C=O) groups is 1. The van der Waals surface area contributed by atoms with Gasteiger partial charge in [0.2, 0.25) is 5.91 Å². The zero-order valence-electron chi connectivity index (χ0n) is 12.0. The molecular formula is C16H16ClNO3S. The fraction of sp³-hybridized carbons (Fsp3) is 0.188. The maximum Gasteiger partial charge on any atom is 0.225 e. The number of carbonyl (C=O) groups excluding carboxylic acids is 1. The maximum atomic E-state index is 12.4. The molecule has 1 atom stereocenters. The van der Waals surface area contributed by atoms with Gasteiger partial charge in [0.15, 0.2) is 9.84 Å². The molecule has 4 nitrogen and oxygen atoms in total. The first-order chi connectivity index (χ1) is 10.4. The van der Waals surface area contributed by atoms with Crippen LogP contribution in [-0.2, 0) is 14.6 Å². The van der Waals surface area contributed by atoms with Gasteiger partial charge in [-0.15, -0.1) is 0 Å². The fourth-order valence-electron chi connectivity index (χ4n) is 1.96. The molecule has 2 rings (SSSR count). The lowest BCUT2D eigenvalue weighted by Gasteiger charge is -2.13. The van der Waals surface area contributed by atoms with Crippen molar-refractivity contribution in [3.8, 4) is 0 Å². The second kappa shape index (κ2) is 6.94. The molecular weight excluding hydrogens is 322 g/mol. The highest BCUT2D eigenvalue weighted by Gasteiger charge is 2.25. The van der Waals surface area contributed by atoms with Crippen LogP contribution in [0.4, 0.5) is 5.69 Å². The van der Waals surface area contributed by atoms with E-state index in [4.69, 9.17) is 11.6 Å². The number of benzene rings is 2. The second-order valence-electron chi connectivity index (χ2n) is 4.93. The van der Waals surface area contributed by atoms with E-state index >= 15 is 0 Å². The smallest absolute Gasteiger partial charge is 0.225 e. The second-order valence-corrected chi connectivity index (χ2v) is 7.73. The molecule has 0 saturated heterocycles. The van der Waals surface area contributed by atoms with E-state index in [0.717, 1.165) is 0 Å². The van der Waals surface area contributed by atoms with E-state index in [9.17, 15) is 13.2 Å². The molecule has 2 aromatic carbocycles. The molecule has 2 aromatic rings. The fourth-order valence-corrected chi connectivity index (χ4v) is 3.44. The number of hydrogen-bond acceptors (Lipinski definition) is 3. The molecule has 0 bridgehead atoms. The highest BCUT2D eigenvalue weighted by molar-refractivity contribution is 7.92. The van der Waals surface area contributed by atoms with Crippen molar-refractivity contribution in [3.05, 3.63) is 59.6 Å². The summed E-state index contributed by atoms with van der Waals surface area (Å²) in [4.78, 5) is 12.1. The van der Waals surface area contributed by atoms with E-state index in [0.29, 0.717) is 10.7 Å². The van der Waals surface area contributed by atoms with Crippen LogP contribution in [0, 0.1) is 0 Å². The van der Waals surface area contributed by atoms with Crippen LogP contribution < -0.4 is 5.32 Å². The Morgan fingerprint density at radius 3 is 2.27 bits per heavy atom. The Bertz CT molecular complexity index is 743. The first-order valence-corrected chi connectivity index (χ1v) is 8.66. The molecule has 0 radical (unpaired) electrons. The standard InChI is InChI=1S/C16H16ClNO3S/c1-12(11-16(19)18-14-5-3-2-4-6-14)22(20,21)15-9-7-13(17)8-10-15/h2-10,12H,11H2,1H3,(H,18,19). The average Bonchev–Trinajstić information content (AvgIpc) is 2.48. The molecule has 0 spiro atoms. The van der Waals surface area contributed by atoms with Gasteiger partial charge < -0.3 is 5.32 Å². The van der Waals surface area contributed by atoms with Gasteiger partial charge in [0.05, 0.1) is 10.1 Å². The number of anilines is 1. The monoisotopic (exact) mass is 337 g/mol. The van der Waals surface area contributed by atoms with Crippen LogP contribution in [-0.4, -0.2) is 19.6 Å². The molecule has 0 aliphatic heterocycles. The molecule has 0 aliphatic rings. The van der Waals surface area contributed by atoms with Gasteiger partial charge >= 0.3 is 0 Å². The quantitative estimate of drug-likeness (QED) is 0.907. The van der Waals surface area contributed by atoms with Crippen molar-refractivity contribution in [3.63, 3.8) is 0 Å². The topological polar surface area (TPSA) is 63.2 Å². The van der Waals surface area contributed by atoms with Crippen molar-refractivity contribution in [1.29, 1.82) is 0 Å². The summed E-state index contributed by atoms with van der Waals surface area (Å²) in [5.41, 5.74) is 0.642. The van der Waals surface area contributed by atoms with Crippen LogP contribution in [0.5, 0.6) is 0 Å². The van der Waals surface area contributed by atoms with Crippen LogP contribution in [0.3, 0.4) is 0 Å². The summed E-state index contributed by atoms with van der Waals surface area (Å²) in [6, 6.07) is 14.9. The van der Waals surface area contributed by atoms with Gasteiger partial charge in [0, 0.05) is 17.1 Å². The molecule has 116 valence electrons. The van der Waals surface area contributed by atoms with Crippen LogP contribution >= 0.6 is 11.6 Å². The Hall–Kier alpha value is -1.85. The van der Waals surface area contributed by atoms with Crippen LogP contribution in [0.25, 0.3) is 0 Å². The maximum absolute atomic E-state index is 12.4. The minimum absolute atomic E-state index is 0.111. The highest BCUT2D eigenvalue weighted by atomic mass is 35.5. The summed E-state index contributed by atoms with van der Waals surface area (Å²) in [5, 5.41) is 2.33. The Kier molecular flexibility index (Phi) is 5.21. The lowest BCUT2D eigenvalue weighted by molar-refractivity contribution is -0.116. The normalized spacial score (nSPS) is 12.6. The third-order valence-electron chi connectivity index (χ3n) is 3.20. The minimum atomic E-state index is -3.56. The van der Waals surface area contributed by atoms with Gasteiger partial charge in [0.1, 0.15) is 0 Å². The van der Waals surface area contributed by atoms with Gasteiger partial charge in [-0.3, -0.25) is 4.79 Å². The summed E-state index contributed by atoms with van der Waals surface area (Å²) < 4.78 is 24.8. The largest absolute Gasteiger partial charge is 0.326 e. The zero-order valence-corrected chi connectivity index (χ0v) is 13.6. The van der Waals surface area contributed by atoms with Crippen molar-refractivity contribution < 1.29 is 13.2 Å². The van der Waals surface area contributed by atoms with E-state index in [1.807, 2.05) is 6.07 Å². The molecule has 0 aromatic heterocycles. The van der Waals surface area contributed by atoms with E-state index in [2.05, 4.69) is 5.32 Å². The predicted molar refractivity (Wildman–Crippen MR) is 87.8 cm³/mol. The van der Waals surface area contributed by atoms with Crippen LogP contribution in [0.1, 0.15) is 13.3 Å². The molecule has 0 heterocycles. The van der Waals surface area contributed by atoms with E-state index in [1.165, 1.54) is 31.2 Å². The average molecular weight is 338 g/mol. The zero-order chi connectivity index (χ0) is 16.2. The van der Waals surface area contributed by atoms with Crippen LogP contribution in [0.15, 0.2) is 59.5 Å². The summed E-state index contributed by atoms with van der Waals surface area (Å²) in [6.45, 7) is 1.52. The minimum Gasteiger partial charge on any atom is -0.326 e. The summed E-state index contributed by atoms with van der Waals surface area (Å²) in [5.74, 6) is -0.337. The summed E-state index contributed by atoms with van der Waals surface area (Å²) >= 11 is 5.76. The number of halogens is 1. The Labute approximate surface area is 135 Å². The third kappa shape index (κ3) is 4.08. The van der Waals surface area contributed by atoms with E-state index < -0.39 is 15.1 Å². The number of para-hydroxylation sites is 1. The predicted octanol–water partition coefficient (Wildman–Crippen LogP) is 3.53. The van der Waals surface area contributed by atoms with Crippen LogP contribution in [0.2, 0.25) is 5.02 Å². The SMILES string of the molecule is CC(CC(=O)Nc1ccccc1)S(=O)(=O)c1ccc(Cl)cc1. The number of hydrogen-bond donors (Lipinski definition) is 1. The Morgan fingerprint density at radius 1 is 1.09 bits per heavy atom. The van der Waals surface area contributed by atoms with Gasteiger partial charge in [-0.25, -0.2) is 8.42 Å². The molecule has 0 saturated carbocycles. The Balaban J connectivity index is 2.06. The lowest BCUT2D eigenvalue weighted by atomic mass is 10.3. The van der Waals surface area contributed by atoms with Crippen molar-refractivity contribution in [2.24, 2.45) is 0 Å². The lowest BCUT2D eigenvalue weighted by Crippen LogP contribution is -2.25. The molecule has 1 amide bonds. The van der Waals surface area contributed by atoms with Gasteiger partial charge in [0.25, 0.3) is 0 Å². The van der Waals surface area contributed by atoms with Crippen molar-refractivity contribution in [2.75, 3.05) is 5.32 Å². The van der Waals surface area contributed by atoms with Gasteiger partial charge in [-0.1, -0.05) is 29.8 Å². The molecule has 0 fully saturated rings. The van der Waals surface area contributed by atoms with Crippen molar-refractivity contribution >= 4 is 33.0 Å². The summed E-state index contributed by atoms with van der Waals surface area (Å²) in [7, 11) is -3.56. The number of sulfone groups is 1. The molecule has 22 heavy (non-hydrogen) atoms. The number of amides is 1. The number of rotatable bonds is 5. The van der Waals surface area contributed by atoms with Gasteiger partial charge in [-0.05, 0) is 43.3 Å². The molecule has 1 N–H and O–H groups in total. The molecule has 0 aliphatic carbocycles. The van der Waals surface area contributed by atoms with Crippen molar-refractivity contribution in [1.82, 2.24) is 0 Å². The summed E-state index contributed by atoms with van der Waals surface area (Å²) in [6.07, 6.45) is -0.111. The number of nitrogens with one attached hydrogen (secondary N) is 1. The third-order valence-corrected chi connectivity index (χ3v) is 5.61. The highest BCUT2D eigenvalue weighted by Crippen LogP contribution is 2.21. The van der Waals surface area contributed by atoms with Gasteiger partial charge in [-0.2, -0.15) is 0 Å².